The second-order valence-corrected chi connectivity index (χ2v) is 6.66. The number of benzene rings is 2. The van der Waals surface area contributed by atoms with Crippen LogP contribution in [-0.4, -0.2) is 10.9 Å². The van der Waals surface area contributed by atoms with Crippen LogP contribution in [0.2, 0.25) is 10.0 Å². The summed E-state index contributed by atoms with van der Waals surface area (Å²) in [5.74, 6) is -0.00111. The number of aromatic nitrogens is 1. The Kier molecular flexibility index (Phi) is 5.12. The van der Waals surface area contributed by atoms with Crippen LogP contribution in [0.15, 0.2) is 48.7 Å². The third-order valence-electron chi connectivity index (χ3n) is 4.10. The fourth-order valence-electron chi connectivity index (χ4n) is 2.83. The van der Waals surface area contributed by atoms with Gasteiger partial charge in [0.15, 0.2) is 0 Å². The molecule has 0 aliphatic heterocycles. The average molecular weight is 361 g/mol. The molecule has 3 nitrogen and oxygen atoms in total. The largest absolute Gasteiger partial charge is 0.361 e. The highest BCUT2D eigenvalue weighted by atomic mass is 35.5. The molecular formula is C19H18Cl2N2O. The van der Waals surface area contributed by atoms with Gasteiger partial charge >= 0.3 is 0 Å². The van der Waals surface area contributed by atoms with Gasteiger partial charge in [-0.25, -0.2) is 0 Å². The van der Waals surface area contributed by atoms with E-state index in [-0.39, 0.29) is 11.9 Å². The number of halogens is 2. The molecule has 0 saturated carbocycles. The van der Waals surface area contributed by atoms with Gasteiger partial charge in [-0.2, -0.15) is 0 Å². The monoisotopic (exact) mass is 360 g/mol. The number of H-pyrrole nitrogens is 1. The van der Waals surface area contributed by atoms with E-state index in [9.17, 15) is 4.79 Å². The maximum absolute atomic E-state index is 12.2. The minimum Gasteiger partial charge on any atom is -0.361 e. The van der Waals surface area contributed by atoms with Gasteiger partial charge in [0.1, 0.15) is 0 Å². The van der Waals surface area contributed by atoms with Gasteiger partial charge < -0.3 is 10.3 Å². The number of rotatable bonds is 5. The maximum Gasteiger partial charge on any atom is 0.220 e. The summed E-state index contributed by atoms with van der Waals surface area (Å²) >= 11 is 12.1. The van der Waals surface area contributed by atoms with E-state index in [4.69, 9.17) is 23.2 Å². The van der Waals surface area contributed by atoms with Gasteiger partial charge in [0.25, 0.3) is 0 Å². The molecule has 1 aromatic heterocycles. The van der Waals surface area contributed by atoms with Gasteiger partial charge in [-0.05, 0) is 42.7 Å². The molecule has 0 bridgehead atoms. The lowest BCUT2D eigenvalue weighted by molar-refractivity contribution is -0.121. The molecule has 0 spiro atoms. The predicted molar refractivity (Wildman–Crippen MR) is 99.6 cm³/mol. The van der Waals surface area contributed by atoms with E-state index in [0.717, 1.165) is 16.6 Å². The van der Waals surface area contributed by atoms with Crippen molar-refractivity contribution in [2.75, 3.05) is 0 Å². The van der Waals surface area contributed by atoms with Crippen molar-refractivity contribution in [3.63, 3.8) is 0 Å². The Morgan fingerprint density at radius 1 is 1.21 bits per heavy atom. The Hall–Kier alpha value is -1.97. The molecule has 0 aliphatic carbocycles. The van der Waals surface area contributed by atoms with Crippen LogP contribution in [0.1, 0.15) is 30.5 Å². The number of carbonyl (C=O) groups is 1. The number of hydrogen-bond donors (Lipinski definition) is 2. The average Bonchev–Trinajstić information content (AvgIpc) is 2.96. The second-order valence-electron chi connectivity index (χ2n) is 5.81. The molecule has 1 heterocycles. The lowest BCUT2D eigenvalue weighted by Gasteiger charge is -2.16. The first-order chi connectivity index (χ1) is 11.5. The van der Waals surface area contributed by atoms with Crippen LogP contribution >= 0.6 is 23.2 Å². The van der Waals surface area contributed by atoms with Crippen molar-refractivity contribution in [1.82, 2.24) is 10.3 Å². The van der Waals surface area contributed by atoms with E-state index in [2.05, 4.69) is 16.4 Å². The van der Waals surface area contributed by atoms with Gasteiger partial charge in [0, 0.05) is 33.6 Å². The third kappa shape index (κ3) is 3.74. The second kappa shape index (κ2) is 7.29. The minimum absolute atomic E-state index is 0.00111. The lowest BCUT2D eigenvalue weighted by Crippen LogP contribution is -2.27. The molecule has 1 atom stereocenters. The van der Waals surface area contributed by atoms with Crippen LogP contribution in [0.4, 0.5) is 0 Å². The molecule has 2 N–H and O–H groups in total. The van der Waals surface area contributed by atoms with Crippen molar-refractivity contribution in [2.45, 2.75) is 25.8 Å². The predicted octanol–water partition coefficient (Wildman–Crippen LogP) is 5.28. The first kappa shape index (κ1) is 16.9. The van der Waals surface area contributed by atoms with Crippen molar-refractivity contribution < 1.29 is 4.79 Å². The van der Waals surface area contributed by atoms with Gasteiger partial charge in [0.05, 0.1) is 6.04 Å². The molecule has 0 saturated heterocycles. The summed E-state index contributed by atoms with van der Waals surface area (Å²) in [6.07, 6.45) is 3.09. The van der Waals surface area contributed by atoms with Gasteiger partial charge in [0.2, 0.25) is 5.91 Å². The van der Waals surface area contributed by atoms with Crippen molar-refractivity contribution in [1.29, 1.82) is 0 Å². The van der Waals surface area contributed by atoms with Crippen molar-refractivity contribution in [3.8, 4) is 0 Å². The molecular weight excluding hydrogens is 343 g/mol. The minimum atomic E-state index is -0.162. The van der Waals surface area contributed by atoms with E-state index < -0.39 is 0 Å². The van der Waals surface area contributed by atoms with Crippen LogP contribution in [0.5, 0.6) is 0 Å². The zero-order valence-electron chi connectivity index (χ0n) is 13.3. The zero-order valence-corrected chi connectivity index (χ0v) is 14.8. The van der Waals surface area contributed by atoms with Crippen LogP contribution in [0, 0.1) is 0 Å². The highest BCUT2D eigenvalue weighted by molar-refractivity contribution is 6.35. The molecule has 2 aromatic carbocycles. The third-order valence-corrected chi connectivity index (χ3v) is 4.67. The summed E-state index contributed by atoms with van der Waals surface area (Å²) < 4.78 is 0. The smallest absolute Gasteiger partial charge is 0.220 e. The van der Waals surface area contributed by atoms with E-state index in [1.165, 1.54) is 5.39 Å². The van der Waals surface area contributed by atoms with E-state index in [1.54, 1.807) is 12.1 Å². The van der Waals surface area contributed by atoms with E-state index in [0.29, 0.717) is 22.9 Å². The number of carbonyl (C=O) groups excluding carboxylic acids is 1. The van der Waals surface area contributed by atoms with Gasteiger partial charge in [-0.15, -0.1) is 0 Å². The van der Waals surface area contributed by atoms with Crippen LogP contribution in [-0.2, 0) is 11.2 Å². The Bertz CT molecular complexity index is 873. The summed E-state index contributed by atoms with van der Waals surface area (Å²) in [5.41, 5.74) is 3.11. The molecule has 0 fully saturated rings. The SMILES string of the molecule is CC(NC(=O)CCc1c[nH]c2ccccc12)c1ccc(Cl)cc1Cl. The number of amides is 1. The van der Waals surface area contributed by atoms with Crippen LogP contribution < -0.4 is 5.32 Å². The van der Waals surface area contributed by atoms with E-state index in [1.807, 2.05) is 37.4 Å². The molecule has 24 heavy (non-hydrogen) atoms. The quantitative estimate of drug-likeness (QED) is 0.638. The van der Waals surface area contributed by atoms with Crippen molar-refractivity contribution in [2.24, 2.45) is 0 Å². The Morgan fingerprint density at radius 2 is 2.00 bits per heavy atom. The molecule has 3 rings (SSSR count). The summed E-state index contributed by atoms with van der Waals surface area (Å²) in [6, 6.07) is 13.2. The Morgan fingerprint density at radius 3 is 2.79 bits per heavy atom. The topological polar surface area (TPSA) is 44.9 Å². The molecule has 3 aromatic rings. The molecule has 1 amide bonds. The highest BCUT2D eigenvalue weighted by Crippen LogP contribution is 2.26. The summed E-state index contributed by atoms with van der Waals surface area (Å²) in [7, 11) is 0. The normalized spacial score (nSPS) is 12.3. The fourth-order valence-corrected chi connectivity index (χ4v) is 3.40. The highest BCUT2D eigenvalue weighted by Gasteiger charge is 2.13. The van der Waals surface area contributed by atoms with Crippen molar-refractivity contribution >= 4 is 40.0 Å². The number of para-hydroxylation sites is 1. The molecule has 0 aliphatic rings. The molecule has 5 heteroatoms. The summed E-state index contributed by atoms with van der Waals surface area (Å²) in [4.78, 5) is 15.5. The fraction of sp³-hybridized carbons (Fsp3) is 0.211. The zero-order chi connectivity index (χ0) is 17.1. The number of hydrogen-bond acceptors (Lipinski definition) is 1. The van der Waals surface area contributed by atoms with Crippen molar-refractivity contribution in [3.05, 3.63) is 69.8 Å². The van der Waals surface area contributed by atoms with E-state index >= 15 is 0 Å². The summed E-state index contributed by atoms with van der Waals surface area (Å²) in [5, 5.41) is 5.30. The number of aryl methyl sites for hydroxylation is 1. The Balaban J connectivity index is 1.61. The first-order valence-electron chi connectivity index (χ1n) is 7.84. The maximum atomic E-state index is 12.2. The van der Waals surface area contributed by atoms with Gasteiger partial charge in [-0.1, -0.05) is 47.5 Å². The molecule has 1 unspecified atom stereocenters. The Labute approximate surface area is 151 Å². The molecule has 0 radical (unpaired) electrons. The van der Waals surface area contributed by atoms with Crippen LogP contribution in [0.3, 0.4) is 0 Å². The van der Waals surface area contributed by atoms with Gasteiger partial charge in [-0.3, -0.25) is 4.79 Å². The number of fused-ring (bicyclic) bond motifs is 1. The number of aromatic amines is 1. The standard InChI is InChI=1S/C19H18Cl2N2O/c1-12(15-8-7-14(20)10-17(15)21)23-19(24)9-6-13-11-22-18-5-3-2-4-16(13)18/h2-5,7-8,10-12,22H,6,9H2,1H3,(H,23,24). The first-order valence-corrected chi connectivity index (χ1v) is 8.59. The molecule has 124 valence electrons. The van der Waals surface area contributed by atoms with Crippen LogP contribution in [0.25, 0.3) is 10.9 Å². The lowest BCUT2D eigenvalue weighted by atomic mass is 10.1. The number of nitrogens with one attached hydrogen (secondary N) is 2. The summed E-state index contributed by atoms with van der Waals surface area (Å²) in [6.45, 7) is 1.92.